The van der Waals surface area contributed by atoms with Gasteiger partial charge in [0, 0.05) is 6.08 Å². The van der Waals surface area contributed by atoms with Crippen molar-refractivity contribution in [3.63, 3.8) is 0 Å². The molecule has 1 unspecified atom stereocenters. The molecule has 0 bridgehead atoms. The Kier molecular flexibility index (Phi) is 5.04. The van der Waals surface area contributed by atoms with Crippen molar-refractivity contribution in [3.05, 3.63) is 53.1 Å². The Labute approximate surface area is 136 Å². The van der Waals surface area contributed by atoms with Gasteiger partial charge in [0.25, 0.3) is 0 Å². The molecule has 0 spiro atoms. The van der Waals surface area contributed by atoms with Gasteiger partial charge in [0.05, 0.1) is 6.42 Å². The van der Waals surface area contributed by atoms with E-state index in [4.69, 9.17) is 9.84 Å². The standard InChI is InChI=1S/C19H22O4/c1-19(2,3)23-18(22)12-15-10-13(11-17(20)21)8-9-14-6-4-5-7-16(14)15/h4-9,11,15H,10,12H2,1-3H3,(H,20,21). The minimum atomic E-state index is -0.980. The maximum atomic E-state index is 12.2. The second-order valence-electron chi connectivity index (χ2n) is 6.71. The number of hydrogen-bond acceptors (Lipinski definition) is 3. The molecule has 0 saturated carbocycles. The van der Waals surface area contributed by atoms with Crippen LogP contribution in [0.5, 0.6) is 0 Å². The molecule has 1 aromatic carbocycles. The normalized spacial score (nSPS) is 19.1. The summed E-state index contributed by atoms with van der Waals surface area (Å²) in [5, 5.41) is 8.99. The highest BCUT2D eigenvalue weighted by molar-refractivity contribution is 5.82. The maximum absolute atomic E-state index is 12.2. The first-order valence-electron chi connectivity index (χ1n) is 7.67. The molecular weight excluding hydrogens is 292 g/mol. The first kappa shape index (κ1) is 17.0. The van der Waals surface area contributed by atoms with Crippen LogP contribution < -0.4 is 0 Å². The quantitative estimate of drug-likeness (QED) is 0.678. The summed E-state index contributed by atoms with van der Waals surface area (Å²) < 4.78 is 5.42. The fraction of sp³-hybridized carbons (Fsp3) is 0.368. The van der Waals surface area contributed by atoms with E-state index in [2.05, 4.69) is 0 Å². The summed E-state index contributed by atoms with van der Waals surface area (Å²) in [5.74, 6) is -1.35. The Balaban J connectivity index is 2.28. The number of rotatable bonds is 3. The number of ether oxygens (including phenoxy) is 1. The van der Waals surface area contributed by atoms with Crippen LogP contribution in [0.1, 0.15) is 50.7 Å². The number of benzene rings is 1. The zero-order valence-corrected chi connectivity index (χ0v) is 13.7. The Hall–Kier alpha value is -2.36. The predicted molar refractivity (Wildman–Crippen MR) is 89.0 cm³/mol. The van der Waals surface area contributed by atoms with Crippen LogP contribution in [0.3, 0.4) is 0 Å². The second-order valence-corrected chi connectivity index (χ2v) is 6.71. The predicted octanol–water partition coefficient (Wildman–Crippen LogP) is 3.93. The van der Waals surface area contributed by atoms with Crippen LogP contribution in [0.15, 0.2) is 42.0 Å². The molecule has 0 heterocycles. The van der Waals surface area contributed by atoms with Crippen molar-refractivity contribution < 1.29 is 19.4 Å². The largest absolute Gasteiger partial charge is 0.478 e. The first-order chi connectivity index (χ1) is 10.7. The fourth-order valence-electron chi connectivity index (χ4n) is 2.73. The lowest BCUT2D eigenvalue weighted by molar-refractivity contribution is -0.155. The minimum Gasteiger partial charge on any atom is -0.478 e. The number of esters is 1. The third-order valence-electron chi connectivity index (χ3n) is 3.54. The smallest absolute Gasteiger partial charge is 0.328 e. The van der Waals surface area contributed by atoms with Gasteiger partial charge in [-0.15, -0.1) is 0 Å². The fourth-order valence-corrected chi connectivity index (χ4v) is 2.73. The van der Waals surface area contributed by atoms with Gasteiger partial charge in [-0.2, -0.15) is 0 Å². The van der Waals surface area contributed by atoms with Gasteiger partial charge in [0.15, 0.2) is 0 Å². The zero-order chi connectivity index (χ0) is 17.0. The number of carboxylic acids is 1. The number of allylic oxidation sites excluding steroid dienone is 2. The van der Waals surface area contributed by atoms with Crippen LogP contribution in [0.4, 0.5) is 0 Å². The highest BCUT2D eigenvalue weighted by Crippen LogP contribution is 2.34. The summed E-state index contributed by atoms with van der Waals surface area (Å²) in [6, 6.07) is 7.82. The Morgan fingerprint density at radius 1 is 1.26 bits per heavy atom. The monoisotopic (exact) mass is 314 g/mol. The molecule has 4 heteroatoms. The molecule has 1 aliphatic carbocycles. The number of carbonyl (C=O) groups excluding carboxylic acids is 1. The van der Waals surface area contributed by atoms with Crippen molar-refractivity contribution >= 4 is 18.0 Å². The van der Waals surface area contributed by atoms with E-state index >= 15 is 0 Å². The SMILES string of the molecule is CC(C)(C)OC(=O)CC1CC(=CC(=O)O)C=Cc2ccccc21. The Morgan fingerprint density at radius 2 is 1.96 bits per heavy atom. The maximum Gasteiger partial charge on any atom is 0.328 e. The van der Waals surface area contributed by atoms with Gasteiger partial charge >= 0.3 is 11.9 Å². The third kappa shape index (κ3) is 5.09. The lowest BCUT2D eigenvalue weighted by atomic mass is 9.88. The van der Waals surface area contributed by atoms with Crippen molar-refractivity contribution in [3.8, 4) is 0 Å². The van der Waals surface area contributed by atoms with E-state index in [-0.39, 0.29) is 18.3 Å². The van der Waals surface area contributed by atoms with E-state index in [0.29, 0.717) is 12.0 Å². The summed E-state index contributed by atoms with van der Waals surface area (Å²) in [6.07, 6.45) is 5.64. The third-order valence-corrected chi connectivity index (χ3v) is 3.54. The van der Waals surface area contributed by atoms with Gasteiger partial charge in [-0.1, -0.05) is 36.4 Å². The van der Waals surface area contributed by atoms with Crippen molar-refractivity contribution in [2.75, 3.05) is 0 Å². The van der Waals surface area contributed by atoms with E-state index in [1.54, 1.807) is 0 Å². The van der Waals surface area contributed by atoms with Crippen molar-refractivity contribution in [1.82, 2.24) is 0 Å². The Morgan fingerprint density at radius 3 is 2.61 bits per heavy atom. The van der Waals surface area contributed by atoms with E-state index in [9.17, 15) is 9.59 Å². The summed E-state index contributed by atoms with van der Waals surface area (Å²) in [6.45, 7) is 5.51. The lowest BCUT2D eigenvalue weighted by Crippen LogP contribution is -2.25. The number of carbonyl (C=O) groups is 2. The molecule has 0 saturated heterocycles. The van der Waals surface area contributed by atoms with Gasteiger partial charge in [-0.05, 0) is 49.8 Å². The van der Waals surface area contributed by atoms with E-state index < -0.39 is 11.6 Å². The zero-order valence-electron chi connectivity index (χ0n) is 13.7. The number of fused-ring (bicyclic) bond motifs is 1. The van der Waals surface area contributed by atoms with Crippen LogP contribution in [-0.2, 0) is 14.3 Å². The van der Waals surface area contributed by atoms with Crippen molar-refractivity contribution in [2.45, 2.75) is 45.1 Å². The average molecular weight is 314 g/mol. The highest BCUT2D eigenvalue weighted by Gasteiger charge is 2.24. The molecule has 2 rings (SSSR count). The minimum absolute atomic E-state index is 0.0957. The van der Waals surface area contributed by atoms with Gasteiger partial charge in [0.2, 0.25) is 0 Å². The van der Waals surface area contributed by atoms with Crippen LogP contribution in [0.25, 0.3) is 6.08 Å². The molecule has 1 aliphatic rings. The van der Waals surface area contributed by atoms with Crippen LogP contribution in [0.2, 0.25) is 0 Å². The lowest BCUT2D eigenvalue weighted by Gasteiger charge is -2.23. The molecule has 0 radical (unpaired) electrons. The van der Waals surface area contributed by atoms with Crippen LogP contribution >= 0.6 is 0 Å². The van der Waals surface area contributed by atoms with E-state index in [0.717, 1.165) is 11.1 Å². The molecule has 0 aromatic heterocycles. The van der Waals surface area contributed by atoms with Crippen LogP contribution in [0, 0.1) is 0 Å². The summed E-state index contributed by atoms with van der Waals surface area (Å²) >= 11 is 0. The van der Waals surface area contributed by atoms with Crippen molar-refractivity contribution in [1.29, 1.82) is 0 Å². The molecule has 4 nitrogen and oxygen atoms in total. The molecule has 23 heavy (non-hydrogen) atoms. The molecule has 122 valence electrons. The van der Waals surface area contributed by atoms with E-state index in [1.165, 1.54) is 6.08 Å². The first-order valence-corrected chi connectivity index (χ1v) is 7.67. The molecule has 0 aliphatic heterocycles. The molecule has 1 N–H and O–H groups in total. The molecule has 1 atom stereocenters. The van der Waals surface area contributed by atoms with E-state index in [1.807, 2.05) is 57.2 Å². The molecular formula is C19H22O4. The average Bonchev–Trinajstić information content (AvgIpc) is 2.57. The molecule has 0 amide bonds. The van der Waals surface area contributed by atoms with Gasteiger partial charge in [-0.3, -0.25) is 4.79 Å². The van der Waals surface area contributed by atoms with Gasteiger partial charge < -0.3 is 9.84 Å². The van der Waals surface area contributed by atoms with Gasteiger partial charge in [-0.25, -0.2) is 4.79 Å². The van der Waals surface area contributed by atoms with Crippen LogP contribution in [-0.4, -0.2) is 22.6 Å². The Bertz CT molecular complexity index is 662. The summed E-state index contributed by atoms with van der Waals surface area (Å²) in [7, 11) is 0. The molecule has 1 aromatic rings. The number of aliphatic carboxylic acids is 1. The second kappa shape index (κ2) is 6.82. The highest BCUT2D eigenvalue weighted by atomic mass is 16.6. The van der Waals surface area contributed by atoms with Gasteiger partial charge in [0.1, 0.15) is 5.60 Å². The van der Waals surface area contributed by atoms with Crippen molar-refractivity contribution in [2.24, 2.45) is 0 Å². The summed E-state index contributed by atoms with van der Waals surface area (Å²) in [4.78, 5) is 23.2. The molecule has 0 fully saturated rings. The summed E-state index contributed by atoms with van der Waals surface area (Å²) in [5.41, 5.74) is 2.22. The topological polar surface area (TPSA) is 63.6 Å². The number of hydrogen-bond donors (Lipinski definition) is 1. The number of carboxylic acid groups (broad SMARTS) is 1.